The highest BCUT2D eigenvalue weighted by molar-refractivity contribution is 7.71. The standard InChI is InChI=1S/C13H15N3OS/c1-9-10(13(18)16(2)15-9)8-14-11-6-4-5-7-12(11)17-3/h4-8,15H,1-3H3. The predicted octanol–water partition coefficient (Wildman–Crippen LogP) is 3.15. The van der Waals surface area contributed by atoms with Crippen molar-refractivity contribution >= 4 is 24.1 Å². The second kappa shape index (κ2) is 5.18. The molecule has 0 amide bonds. The van der Waals surface area contributed by atoms with Gasteiger partial charge in [-0.3, -0.25) is 9.67 Å². The van der Waals surface area contributed by atoms with Crippen molar-refractivity contribution in [3.05, 3.63) is 40.2 Å². The Balaban J connectivity index is 2.39. The molecule has 0 spiro atoms. The van der Waals surface area contributed by atoms with Gasteiger partial charge >= 0.3 is 0 Å². The largest absolute Gasteiger partial charge is 0.494 e. The molecule has 0 aliphatic carbocycles. The highest BCUT2D eigenvalue weighted by Gasteiger charge is 2.03. The van der Waals surface area contributed by atoms with E-state index >= 15 is 0 Å². The van der Waals surface area contributed by atoms with E-state index in [0.717, 1.165) is 27.3 Å². The lowest BCUT2D eigenvalue weighted by molar-refractivity contribution is 0.416. The number of aryl methyl sites for hydroxylation is 2. The van der Waals surface area contributed by atoms with Crippen molar-refractivity contribution in [2.24, 2.45) is 12.0 Å². The quantitative estimate of drug-likeness (QED) is 0.681. The molecule has 1 heterocycles. The number of benzene rings is 1. The number of hydrogen-bond acceptors (Lipinski definition) is 3. The van der Waals surface area contributed by atoms with E-state index in [1.807, 2.05) is 38.2 Å². The summed E-state index contributed by atoms with van der Waals surface area (Å²) in [5, 5.41) is 3.13. The number of ether oxygens (including phenoxy) is 1. The van der Waals surface area contributed by atoms with Crippen LogP contribution >= 0.6 is 12.2 Å². The second-order valence-corrected chi connectivity index (χ2v) is 4.33. The molecule has 2 aromatic rings. The number of nitrogens with zero attached hydrogens (tertiary/aromatic N) is 2. The number of para-hydroxylation sites is 2. The van der Waals surface area contributed by atoms with Crippen molar-refractivity contribution in [3.63, 3.8) is 0 Å². The van der Waals surface area contributed by atoms with Crippen LogP contribution in [0.2, 0.25) is 0 Å². The summed E-state index contributed by atoms with van der Waals surface area (Å²) in [6.45, 7) is 1.97. The van der Waals surface area contributed by atoms with Gasteiger partial charge in [-0.15, -0.1) is 0 Å². The molecule has 1 aromatic carbocycles. The Morgan fingerprint density at radius 2 is 2.11 bits per heavy atom. The number of methoxy groups -OCH3 is 1. The summed E-state index contributed by atoms with van der Waals surface area (Å²) < 4.78 is 7.79. The number of aliphatic imine (C=N–C) groups is 1. The molecule has 0 fully saturated rings. The minimum atomic E-state index is 0.742. The summed E-state index contributed by atoms with van der Waals surface area (Å²) in [5.41, 5.74) is 2.72. The fourth-order valence-corrected chi connectivity index (χ4v) is 1.98. The molecule has 0 atom stereocenters. The van der Waals surface area contributed by atoms with Crippen LogP contribution in [0.25, 0.3) is 0 Å². The normalized spacial score (nSPS) is 11.1. The number of aromatic nitrogens is 2. The molecule has 0 aliphatic rings. The molecule has 0 unspecified atom stereocenters. The molecular weight excluding hydrogens is 246 g/mol. The van der Waals surface area contributed by atoms with E-state index in [4.69, 9.17) is 17.0 Å². The van der Waals surface area contributed by atoms with E-state index in [9.17, 15) is 0 Å². The zero-order valence-corrected chi connectivity index (χ0v) is 11.4. The Kier molecular flexibility index (Phi) is 3.62. The first-order valence-corrected chi connectivity index (χ1v) is 5.97. The van der Waals surface area contributed by atoms with Gasteiger partial charge in [-0.1, -0.05) is 24.4 Å². The summed E-state index contributed by atoms with van der Waals surface area (Å²) in [7, 11) is 3.52. The lowest BCUT2D eigenvalue weighted by Crippen LogP contribution is -1.89. The second-order valence-electron chi connectivity index (χ2n) is 3.94. The third-order valence-corrected chi connectivity index (χ3v) is 3.19. The van der Waals surface area contributed by atoms with Crippen LogP contribution in [0.1, 0.15) is 11.3 Å². The Labute approximate surface area is 111 Å². The molecule has 0 aliphatic heterocycles. The van der Waals surface area contributed by atoms with E-state index in [0.29, 0.717) is 0 Å². The molecule has 1 N–H and O–H groups in total. The number of hydrogen-bond donors (Lipinski definition) is 1. The van der Waals surface area contributed by atoms with Gasteiger partial charge in [0.1, 0.15) is 16.1 Å². The van der Waals surface area contributed by atoms with Crippen molar-refractivity contribution in [2.45, 2.75) is 6.92 Å². The summed E-state index contributed by atoms with van der Waals surface area (Å²) in [6, 6.07) is 7.62. The fraction of sp³-hybridized carbons (Fsp3) is 0.231. The molecule has 0 saturated heterocycles. The van der Waals surface area contributed by atoms with Gasteiger partial charge in [-0.2, -0.15) is 0 Å². The molecule has 0 bridgehead atoms. The van der Waals surface area contributed by atoms with Gasteiger partial charge in [-0.05, 0) is 19.1 Å². The number of nitrogens with one attached hydrogen (secondary N) is 1. The van der Waals surface area contributed by atoms with Crippen LogP contribution in [0.3, 0.4) is 0 Å². The third kappa shape index (κ3) is 2.36. The Morgan fingerprint density at radius 1 is 1.39 bits per heavy atom. The van der Waals surface area contributed by atoms with Crippen LogP contribution in [0.5, 0.6) is 5.75 Å². The zero-order valence-electron chi connectivity index (χ0n) is 10.6. The Hall–Kier alpha value is -1.88. The van der Waals surface area contributed by atoms with E-state index in [1.54, 1.807) is 18.0 Å². The topological polar surface area (TPSA) is 42.3 Å². The van der Waals surface area contributed by atoms with Crippen molar-refractivity contribution in [3.8, 4) is 5.75 Å². The first-order valence-electron chi connectivity index (χ1n) is 5.56. The van der Waals surface area contributed by atoms with Gasteiger partial charge in [0, 0.05) is 24.5 Å². The van der Waals surface area contributed by atoms with E-state index in [-0.39, 0.29) is 0 Å². The van der Waals surface area contributed by atoms with Crippen molar-refractivity contribution in [2.75, 3.05) is 7.11 Å². The lowest BCUT2D eigenvalue weighted by Gasteiger charge is -2.02. The smallest absolute Gasteiger partial charge is 0.144 e. The van der Waals surface area contributed by atoms with Crippen LogP contribution in [0.4, 0.5) is 5.69 Å². The molecule has 0 saturated carbocycles. The van der Waals surface area contributed by atoms with E-state index in [2.05, 4.69) is 10.1 Å². The van der Waals surface area contributed by atoms with E-state index < -0.39 is 0 Å². The van der Waals surface area contributed by atoms with Gasteiger partial charge in [0.25, 0.3) is 0 Å². The Bertz CT molecular complexity index is 640. The van der Waals surface area contributed by atoms with Gasteiger partial charge in [-0.25, -0.2) is 0 Å². The minimum Gasteiger partial charge on any atom is -0.494 e. The van der Waals surface area contributed by atoms with Gasteiger partial charge < -0.3 is 9.84 Å². The van der Waals surface area contributed by atoms with Gasteiger partial charge in [0.15, 0.2) is 0 Å². The first-order chi connectivity index (χ1) is 8.63. The Morgan fingerprint density at radius 3 is 2.72 bits per heavy atom. The van der Waals surface area contributed by atoms with E-state index in [1.165, 1.54) is 0 Å². The molecular formula is C13H15N3OS. The number of aromatic amines is 1. The maximum absolute atomic E-state index is 5.30. The highest BCUT2D eigenvalue weighted by Crippen LogP contribution is 2.26. The van der Waals surface area contributed by atoms with Crippen LogP contribution in [0.15, 0.2) is 29.3 Å². The molecule has 2 rings (SSSR count). The minimum absolute atomic E-state index is 0.742. The van der Waals surface area contributed by atoms with Crippen molar-refractivity contribution < 1.29 is 4.74 Å². The average Bonchev–Trinajstić information content (AvgIpc) is 2.62. The monoisotopic (exact) mass is 261 g/mol. The van der Waals surface area contributed by atoms with Crippen LogP contribution < -0.4 is 4.74 Å². The molecule has 18 heavy (non-hydrogen) atoms. The summed E-state index contributed by atoms with van der Waals surface area (Å²) >= 11 is 5.30. The van der Waals surface area contributed by atoms with Crippen molar-refractivity contribution in [1.29, 1.82) is 0 Å². The van der Waals surface area contributed by atoms with Gasteiger partial charge in [0.2, 0.25) is 0 Å². The highest BCUT2D eigenvalue weighted by atomic mass is 32.1. The van der Waals surface area contributed by atoms with Crippen molar-refractivity contribution in [1.82, 2.24) is 9.78 Å². The maximum atomic E-state index is 5.30. The predicted molar refractivity (Wildman–Crippen MR) is 75.6 cm³/mol. The molecule has 5 heteroatoms. The summed E-state index contributed by atoms with van der Waals surface area (Å²) in [5.74, 6) is 0.747. The summed E-state index contributed by atoms with van der Waals surface area (Å²) in [6.07, 6.45) is 1.77. The number of H-pyrrole nitrogens is 1. The maximum Gasteiger partial charge on any atom is 0.144 e. The first kappa shape index (κ1) is 12.6. The number of rotatable bonds is 3. The van der Waals surface area contributed by atoms with Gasteiger partial charge in [0.05, 0.1) is 7.11 Å². The molecule has 1 aromatic heterocycles. The zero-order chi connectivity index (χ0) is 13.1. The molecule has 4 nitrogen and oxygen atoms in total. The molecule has 0 radical (unpaired) electrons. The van der Waals surface area contributed by atoms with Crippen LogP contribution in [-0.4, -0.2) is 23.1 Å². The van der Waals surface area contributed by atoms with Crippen LogP contribution in [0, 0.1) is 11.6 Å². The lowest BCUT2D eigenvalue weighted by atomic mass is 10.2. The third-order valence-electron chi connectivity index (χ3n) is 2.69. The average molecular weight is 261 g/mol. The fourth-order valence-electron chi connectivity index (χ4n) is 1.73. The SMILES string of the molecule is COc1ccccc1N=Cc1c(C)[nH]n(C)c1=S. The van der Waals surface area contributed by atoms with Crippen LogP contribution in [-0.2, 0) is 7.05 Å². The summed E-state index contributed by atoms with van der Waals surface area (Å²) in [4.78, 5) is 4.43. The molecule has 94 valence electrons.